The Morgan fingerprint density at radius 1 is 1.33 bits per heavy atom. The van der Waals surface area contributed by atoms with Gasteiger partial charge in [0.25, 0.3) is 5.91 Å². The number of carbonyl (C=O) groups excluding carboxylic acids is 2. The van der Waals surface area contributed by atoms with Crippen molar-refractivity contribution >= 4 is 33.4 Å². The van der Waals surface area contributed by atoms with Crippen LogP contribution in [-0.2, 0) is 9.59 Å². The first-order chi connectivity index (χ1) is 9.61. The number of nitrogens with one attached hydrogen (secondary N) is 1. The highest BCUT2D eigenvalue weighted by Gasteiger charge is 2.40. The molecule has 4 nitrogen and oxygen atoms in total. The van der Waals surface area contributed by atoms with Crippen molar-refractivity contribution < 1.29 is 14.0 Å². The number of aryl methyl sites for hydroxylation is 1. The first-order valence-electron chi connectivity index (χ1n) is 6.67. The number of rotatable bonds is 1. The maximum atomic E-state index is 13.8. The largest absolute Gasteiger partial charge is 0.342 e. The van der Waals surface area contributed by atoms with Crippen molar-refractivity contribution in [3.8, 4) is 0 Å². The Morgan fingerprint density at radius 2 is 1.95 bits per heavy atom. The van der Waals surface area contributed by atoms with E-state index in [-0.39, 0.29) is 18.4 Å². The van der Waals surface area contributed by atoms with Crippen LogP contribution in [0.25, 0.3) is 0 Å². The highest BCUT2D eigenvalue weighted by Crippen LogP contribution is 2.31. The lowest BCUT2D eigenvalue weighted by molar-refractivity contribution is -0.133. The molecule has 1 aliphatic rings. The van der Waals surface area contributed by atoms with Crippen LogP contribution in [0.15, 0.2) is 16.6 Å². The summed E-state index contributed by atoms with van der Waals surface area (Å²) in [6.45, 7) is 7.34. The van der Waals surface area contributed by atoms with Gasteiger partial charge < -0.3 is 10.2 Å². The van der Waals surface area contributed by atoms with E-state index in [0.717, 1.165) is 5.56 Å². The highest BCUT2D eigenvalue weighted by atomic mass is 79.9. The minimum absolute atomic E-state index is 0.0900. The number of nitrogens with zero attached hydrogens (tertiary/aromatic N) is 1. The molecule has 1 N–H and O–H groups in total. The molecule has 6 heteroatoms. The van der Waals surface area contributed by atoms with Crippen molar-refractivity contribution in [3.05, 3.63) is 28.0 Å². The molecule has 0 bridgehead atoms. The number of anilines is 1. The van der Waals surface area contributed by atoms with Gasteiger partial charge in [-0.1, -0.05) is 20.8 Å². The molecule has 1 saturated heterocycles. The van der Waals surface area contributed by atoms with Gasteiger partial charge in [0, 0.05) is 0 Å². The van der Waals surface area contributed by atoms with E-state index in [9.17, 15) is 14.0 Å². The number of hydrogen-bond donors (Lipinski definition) is 1. The summed E-state index contributed by atoms with van der Waals surface area (Å²) >= 11 is 3.12. The van der Waals surface area contributed by atoms with E-state index in [1.54, 1.807) is 13.0 Å². The molecule has 1 aromatic carbocycles. The predicted molar refractivity (Wildman–Crippen MR) is 82.6 cm³/mol. The quantitative estimate of drug-likeness (QED) is 0.840. The molecule has 1 aromatic rings. The molecule has 2 amide bonds. The standard InChI is InChI=1S/C15H18BrFN2O2/c1-8-5-9(16)10(17)6-11(8)19-7-12(20)18-13(14(19)21)15(2,3)4/h5-6,13H,7H2,1-4H3,(H,18,20). The van der Waals surface area contributed by atoms with Gasteiger partial charge in [0.05, 0.1) is 10.2 Å². The van der Waals surface area contributed by atoms with Crippen molar-refractivity contribution in [2.45, 2.75) is 33.7 Å². The molecule has 1 atom stereocenters. The Bertz CT molecular complexity index is 610. The molecule has 0 radical (unpaired) electrons. The van der Waals surface area contributed by atoms with Crippen LogP contribution in [0.2, 0.25) is 0 Å². The van der Waals surface area contributed by atoms with Gasteiger partial charge in [-0.15, -0.1) is 0 Å². The number of benzene rings is 1. The molecular weight excluding hydrogens is 339 g/mol. The van der Waals surface area contributed by atoms with Gasteiger partial charge in [0.1, 0.15) is 18.4 Å². The summed E-state index contributed by atoms with van der Waals surface area (Å²) in [6, 6.07) is 2.27. The van der Waals surface area contributed by atoms with E-state index in [1.807, 2.05) is 20.8 Å². The van der Waals surface area contributed by atoms with Crippen LogP contribution >= 0.6 is 15.9 Å². The van der Waals surface area contributed by atoms with Crippen LogP contribution in [-0.4, -0.2) is 24.4 Å². The lowest BCUT2D eigenvalue weighted by Gasteiger charge is -2.39. The summed E-state index contributed by atoms with van der Waals surface area (Å²) in [5.74, 6) is -0.911. The zero-order valence-electron chi connectivity index (χ0n) is 12.5. The van der Waals surface area contributed by atoms with Crippen molar-refractivity contribution in [1.82, 2.24) is 5.32 Å². The van der Waals surface area contributed by atoms with Gasteiger partial charge in [-0.25, -0.2) is 4.39 Å². The third-order valence-electron chi connectivity index (χ3n) is 3.52. The summed E-state index contributed by atoms with van der Waals surface area (Å²) in [4.78, 5) is 25.9. The average molecular weight is 357 g/mol. The Labute approximate surface area is 131 Å². The molecule has 0 saturated carbocycles. The lowest BCUT2D eigenvalue weighted by atomic mass is 9.84. The van der Waals surface area contributed by atoms with Crippen LogP contribution < -0.4 is 10.2 Å². The van der Waals surface area contributed by atoms with E-state index in [2.05, 4.69) is 21.2 Å². The zero-order valence-corrected chi connectivity index (χ0v) is 14.0. The van der Waals surface area contributed by atoms with Crippen molar-refractivity contribution in [1.29, 1.82) is 0 Å². The molecular formula is C15H18BrFN2O2. The number of amides is 2. The molecule has 0 spiro atoms. The maximum absolute atomic E-state index is 13.8. The summed E-state index contributed by atoms with van der Waals surface area (Å²) < 4.78 is 14.1. The minimum atomic E-state index is -0.621. The fourth-order valence-corrected chi connectivity index (χ4v) is 2.82. The molecule has 0 aromatic heterocycles. The van der Waals surface area contributed by atoms with Gasteiger partial charge in [0.15, 0.2) is 0 Å². The van der Waals surface area contributed by atoms with Crippen LogP contribution in [0.1, 0.15) is 26.3 Å². The van der Waals surface area contributed by atoms with Crippen LogP contribution in [0.4, 0.5) is 10.1 Å². The Morgan fingerprint density at radius 3 is 2.52 bits per heavy atom. The first-order valence-corrected chi connectivity index (χ1v) is 7.47. The minimum Gasteiger partial charge on any atom is -0.342 e. The smallest absolute Gasteiger partial charge is 0.250 e. The molecule has 1 unspecified atom stereocenters. The van der Waals surface area contributed by atoms with Gasteiger partial charge in [-0.05, 0) is 46.0 Å². The molecule has 114 valence electrons. The van der Waals surface area contributed by atoms with Crippen LogP contribution in [0.5, 0.6) is 0 Å². The van der Waals surface area contributed by atoms with E-state index < -0.39 is 17.3 Å². The summed E-state index contributed by atoms with van der Waals surface area (Å²) in [6.07, 6.45) is 0. The van der Waals surface area contributed by atoms with Gasteiger partial charge >= 0.3 is 0 Å². The van der Waals surface area contributed by atoms with E-state index in [0.29, 0.717) is 10.2 Å². The maximum Gasteiger partial charge on any atom is 0.250 e. The Hall–Kier alpha value is -1.43. The second-order valence-corrected chi connectivity index (χ2v) is 7.20. The average Bonchev–Trinajstić information content (AvgIpc) is 2.35. The van der Waals surface area contributed by atoms with Crippen LogP contribution in [0.3, 0.4) is 0 Å². The summed E-state index contributed by atoms with van der Waals surface area (Å²) in [5.41, 5.74) is 0.761. The molecule has 0 aliphatic carbocycles. The first kappa shape index (κ1) is 15.9. The number of piperazine rings is 1. The highest BCUT2D eigenvalue weighted by molar-refractivity contribution is 9.10. The van der Waals surface area contributed by atoms with Crippen molar-refractivity contribution in [2.24, 2.45) is 5.41 Å². The van der Waals surface area contributed by atoms with Crippen LogP contribution in [0, 0.1) is 18.2 Å². The third-order valence-corrected chi connectivity index (χ3v) is 4.12. The predicted octanol–water partition coefficient (Wildman–Crippen LogP) is 2.77. The summed E-state index contributed by atoms with van der Waals surface area (Å²) in [5, 5.41) is 2.72. The molecule has 21 heavy (non-hydrogen) atoms. The Kier molecular flexibility index (Phi) is 4.10. The molecule has 1 aliphatic heterocycles. The topological polar surface area (TPSA) is 49.4 Å². The fraction of sp³-hybridized carbons (Fsp3) is 0.467. The molecule has 1 heterocycles. The van der Waals surface area contributed by atoms with E-state index >= 15 is 0 Å². The Balaban J connectivity index is 2.45. The van der Waals surface area contributed by atoms with Crippen molar-refractivity contribution in [3.63, 3.8) is 0 Å². The second kappa shape index (κ2) is 5.40. The second-order valence-electron chi connectivity index (χ2n) is 6.34. The molecule has 2 rings (SSSR count). The fourth-order valence-electron chi connectivity index (χ4n) is 2.36. The number of halogens is 2. The monoisotopic (exact) mass is 356 g/mol. The summed E-state index contributed by atoms with van der Waals surface area (Å²) in [7, 11) is 0. The third kappa shape index (κ3) is 3.10. The number of hydrogen-bond acceptors (Lipinski definition) is 2. The van der Waals surface area contributed by atoms with E-state index in [1.165, 1.54) is 11.0 Å². The van der Waals surface area contributed by atoms with E-state index in [4.69, 9.17) is 0 Å². The zero-order chi connectivity index (χ0) is 15.9. The van der Waals surface area contributed by atoms with Gasteiger partial charge in [-0.2, -0.15) is 0 Å². The normalized spacial score (nSPS) is 19.7. The lowest BCUT2D eigenvalue weighted by Crippen LogP contribution is -2.62. The van der Waals surface area contributed by atoms with Gasteiger partial charge in [-0.3, -0.25) is 9.59 Å². The van der Waals surface area contributed by atoms with Crippen molar-refractivity contribution in [2.75, 3.05) is 11.4 Å². The SMILES string of the molecule is Cc1cc(Br)c(F)cc1N1CC(=O)NC(C(C)(C)C)C1=O. The molecule has 1 fully saturated rings. The van der Waals surface area contributed by atoms with Gasteiger partial charge in [0.2, 0.25) is 5.91 Å². The number of carbonyl (C=O) groups is 2.